The van der Waals surface area contributed by atoms with Gasteiger partial charge in [-0.2, -0.15) is 0 Å². The van der Waals surface area contributed by atoms with E-state index in [0.717, 1.165) is 48.5 Å². The van der Waals surface area contributed by atoms with Gasteiger partial charge in [-0.1, -0.05) is 0 Å². The predicted molar refractivity (Wildman–Crippen MR) is 75.8 cm³/mol. The molecule has 1 heterocycles. The number of ether oxygens (including phenoxy) is 1. The number of pyridine rings is 1. The molecule has 0 radical (unpaired) electrons. The van der Waals surface area contributed by atoms with Crippen LogP contribution in [0.3, 0.4) is 0 Å². The number of anilines is 2. The fraction of sp³-hybridized carbons (Fsp3) is 0.357. The van der Waals surface area contributed by atoms with E-state index in [9.17, 15) is 0 Å². The Kier molecular flexibility index (Phi) is 4.36. The first-order valence-corrected chi connectivity index (χ1v) is 6.27. The molecule has 2 rings (SSSR count). The Bertz CT molecular complexity index is 513. The van der Waals surface area contributed by atoms with Gasteiger partial charge in [0.2, 0.25) is 0 Å². The Morgan fingerprint density at radius 3 is 3.06 bits per heavy atom. The number of benzene rings is 1. The first-order chi connectivity index (χ1) is 8.81. The molecule has 1 aromatic carbocycles. The van der Waals surface area contributed by atoms with Gasteiger partial charge in [-0.3, -0.25) is 4.98 Å². The second-order valence-electron chi connectivity index (χ2n) is 4.11. The average molecular weight is 245 g/mol. The molecular weight excluding hydrogens is 226 g/mol. The van der Waals surface area contributed by atoms with Crippen molar-refractivity contribution in [2.75, 3.05) is 30.8 Å². The second kappa shape index (κ2) is 6.21. The Morgan fingerprint density at radius 2 is 2.22 bits per heavy atom. The van der Waals surface area contributed by atoms with Crippen LogP contribution in [0.2, 0.25) is 0 Å². The van der Waals surface area contributed by atoms with Crippen molar-refractivity contribution in [3.63, 3.8) is 0 Å². The summed E-state index contributed by atoms with van der Waals surface area (Å²) >= 11 is 0. The smallest absolute Gasteiger partial charge is 0.0743 e. The zero-order valence-electron chi connectivity index (χ0n) is 10.6. The molecule has 4 nitrogen and oxygen atoms in total. The van der Waals surface area contributed by atoms with Crippen LogP contribution in [0.5, 0.6) is 0 Å². The van der Waals surface area contributed by atoms with E-state index in [-0.39, 0.29) is 0 Å². The van der Waals surface area contributed by atoms with Crippen molar-refractivity contribution in [2.45, 2.75) is 13.3 Å². The zero-order valence-corrected chi connectivity index (χ0v) is 10.6. The van der Waals surface area contributed by atoms with E-state index in [1.54, 1.807) is 6.20 Å². The molecule has 0 fully saturated rings. The van der Waals surface area contributed by atoms with Crippen molar-refractivity contribution in [1.29, 1.82) is 0 Å². The summed E-state index contributed by atoms with van der Waals surface area (Å²) in [6, 6.07) is 7.78. The molecule has 0 saturated heterocycles. The number of fused-ring (bicyclic) bond motifs is 1. The van der Waals surface area contributed by atoms with Gasteiger partial charge in [-0.05, 0) is 37.6 Å². The average Bonchev–Trinajstić information content (AvgIpc) is 2.38. The van der Waals surface area contributed by atoms with Gasteiger partial charge in [0.25, 0.3) is 0 Å². The molecule has 0 spiro atoms. The molecule has 2 aromatic rings. The maximum Gasteiger partial charge on any atom is 0.0743 e. The highest BCUT2D eigenvalue weighted by Crippen LogP contribution is 2.23. The van der Waals surface area contributed by atoms with Gasteiger partial charge < -0.3 is 15.8 Å². The summed E-state index contributed by atoms with van der Waals surface area (Å²) in [5, 5.41) is 4.51. The SMILES string of the molecule is CCOCCCNc1ccnc2cc(N)ccc12. The van der Waals surface area contributed by atoms with Crippen LogP contribution in [0, 0.1) is 0 Å². The van der Waals surface area contributed by atoms with E-state index in [1.807, 2.05) is 31.2 Å². The summed E-state index contributed by atoms with van der Waals surface area (Å²) in [5.74, 6) is 0. The molecule has 0 amide bonds. The fourth-order valence-corrected chi connectivity index (χ4v) is 1.86. The summed E-state index contributed by atoms with van der Waals surface area (Å²) in [6.07, 6.45) is 2.79. The van der Waals surface area contributed by atoms with E-state index in [4.69, 9.17) is 10.5 Å². The lowest BCUT2D eigenvalue weighted by Crippen LogP contribution is -2.06. The first kappa shape index (κ1) is 12.6. The lowest BCUT2D eigenvalue weighted by Gasteiger charge is -2.09. The van der Waals surface area contributed by atoms with E-state index in [2.05, 4.69) is 10.3 Å². The third kappa shape index (κ3) is 3.11. The van der Waals surface area contributed by atoms with Gasteiger partial charge in [0.15, 0.2) is 0 Å². The third-order valence-electron chi connectivity index (χ3n) is 2.75. The summed E-state index contributed by atoms with van der Waals surface area (Å²) in [6.45, 7) is 4.47. The van der Waals surface area contributed by atoms with Crippen LogP contribution < -0.4 is 11.1 Å². The maximum atomic E-state index is 5.75. The molecule has 0 aliphatic carbocycles. The Balaban J connectivity index is 2.04. The number of nitrogens with one attached hydrogen (secondary N) is 1. The predicted octanol–water partition coefficient (Wildman–Crippen LogP) is 2.66. The quantitative estimate of drug-likeness (QED) is 0.606. The highest BCUT2D eigenvalue weighted by molar-refractivity contribution is 5.92. The molecule has 0 bridgehead atoms. The lowest BCUT2D eigenvalue weighted by atomic mass is 10.1. The largest absolute Gasteiger partial charge is 0.399 e. The van der Waals surface area contributed by atoms with Crippen molar-refractivity contribution < 1.29 is 4.74 Å². The number of hydrogen-bond acceptors (Lipinski definition) is 4. The Hall–Kier alpha value is -1.81. The summed E-state index contributed by atoms with van der Waals surface area (Å²) < 4.78 is 5.31. The molecule has 0 atom stereocenters. The molecule has 0 unspecified atom stereocenters. The zero-order chi connectivity index (χ0) is 12.8. The first-order valence-electron chi connectivity index (χ1n) is 6.27. The standard InChI is InChI=1S/C14H19N3O/c1-2-18-9-3-7-16-13-6-8-17-14-10-11(15)4-5-12(13)14/h4-6,8,10H,2-3,7,9,15H2,1H3,(H,16,17). The maximum absolute atomic E-state index is 5.75. The molecule has 96 valence electrons. The molecule has 1 aromatic heterocycles. The number of rotatable bonds is 6. The second-order valence-corrected chi connectivity index (χ2v) is 4.11. The van der Waals surface area contributed by atoms with Gasteiger partial charge in [-0.15, -0.1) is 0 Å². The van der Waals surface area contributed by atoms with Crippen LogP contribution in [0.25, 0.3) is 10.9 Å². The Labute approximate surface area is 107 Å². The third-order valence-corrected chi connectivity index (χ3v) is 2.75. The van der Waals surface area contributed by atoms with Crippen LogP contribution in [0.4, 0.5) is 11.4 Å². The molecule has 0 aliphatic heterocycles. The topological polar surface area (TPSA) is 60.2 Å². The summed E-state index contributed by atoms with van der Waals surface area (Å²) in [7, 11) is 0. The molecule has 3 N–H and O–H groups in total. The lowest BCUT2D eigenvalue weighted by molar-refractivity contribution is 0.147. The minimum absolute atomic E-state index is 0.739. The highest BCUT2D eigenvalue weighted by atomic mass is 16.5. The van der Waals surface area contributed by atoms with Crippen molar-refractivity contribution in [3.8, 4) is 0 Å². The molecule has 4 heteroatoms. The summed E-state index contributed by atoms with van der Waals surface area (Å²) in [4.78, 5) is 4.32. The van der Waals surface area contributed by atoms with Crippen LogP contribution in [-0.4, -0.2) is 24.7 Å². The molecule has 0 saturated carbocycles. The fourth-order valence-electron chi connectivity index (χ4n) is 1.86. The monoisotopic (exact) mass is 245 g/mol. The van der Waals surface area contributed by atoms with Crippen molar-refractivity contribution in [1.82, 2.24) is 4.98 Å². The van der Waals surface area contributed by atoms with Crippen molar-refractivity contribution in [3.05, 3.63) is 30.5 Å². The number of nitrogen functional groups attached to an aromatic ring is 1. The highest BCUT2D eigenvalue weighted by Gasteiger charge is 2.01. The number of hydrogen-bond donors (Lipinski definition) is 2. The Morgan fingerprint density at radius 1 is 1.33 bits per heavy atom. The molecular formula is C14H19N3O. The van der Waals surface area contributed by atoms with Gasteiger partial charge in [0.05, 0.1) is 5.52 Å². The van der Waals surface area contributed by atoms with Gasteiger partial charge in [0, 0.05) is 42.7 Å². The van der Waals surface area contributed by atoms with Crippen LogP contribution >= 0.6 is 0 Å². The normalized spacial score (nSPS) is 10.7. The number of aromatic nitrogens is 1. The van der Waals surface area contributed by atoms with E-state index >= 15 is 0 Å². The molecule has 0 aliphatic rings. The minimum atomic E-state index is 0.739. The molecule has 18 heavy (non-hydrogen) atoms. The van der Waals surface area contributed by atoms with E-state index in [1.165, 1.54) is 0 Å². The minimum Gasteiger partial charge on any atom is -0.399 e. The van der Waals surface area contributed by atoms with Gasteiger partial charge in [0.1, 0.15) is 0 Å². The van der Waals surface area contributed by atoms with Crippen molar-refractivity contribution in [2.24, 2.45) is 0 Å². The summed E-state index contributed by atoms with van der Waals surface area (Å²) in [5.41, 5.74) is 8.51. The van der Waals surface area contributed by atoms with Crippen molar-refractivity contribution >= 4 is 22.3 Å². The van der Waals surface area contributed by atoms with Gasteiger partial charge >= 0.3 is 0 Å². The number of nitrogens with zero attached hydrogens (tertiary/aromatic N) is 1. The van der Waals surface area contributed by atoms with Gasteiger partial charge in [-0.25, -0.2) is 0 Å². The van der Waals surface area contributed by atoms with Crippen LogP contribution in [-0.2, 0) is 4.74 Å². The number of nitrogens with two attached hydrogens (primary N) is 1. The van der Waals surface area contributed by atoms with E-state index in [0.29, 0.717) is 0 Å². The van der Waals surface area contributed by atoms with Crippen LogP contribution in [0.15, 0.2) is 30.5 Å². The van der Waals surface area contributed by atoms with E-state index < -0.39 is 0 Å². The van der Waals surface area contributed by atoms with Crippen LogP contribution in [0.1, 0.15) is 13.3 Å².